The van der Waals surface area contributed by atoms with Crippen LogP contribution in [-0.2, 0) is 10.0 Å². The largest absolute Gasteiger partial charge is 0.369 e. The van der Waals surface area contributed by atoms with E-state index in [2.05, 4.69) is 26.7 Å². The number of nitrogens with one attached hydrogen (secondary N) is 1. The lowest BCUT2D eigenvalue weighted by Gasteiger charge is -2.36. The zero-order chi connectivity index (χ0) is 18.6. The lowest BCUT2D eigenvalue weighted by molar-refractivity contribution is 0.262. The normalized spacial score (nSPS) is 16.0. The molecule has 3 rings (SSSR count). The second-order valence-corrected chi connectivity index (χ2v) is 8.21. The van der Waals surface area contributed by atoms with E-state index in [4.69, 9.17) is 0 Å². The van der Waals surface area contributed by atoms with Crippen molar-refractivity contribution in [2.45, 2.75) is 11.8 Å². The van der Waals surface area contributed by atoms with Gasteiger partial charge in [0.1, 0.15) is 5.82 Å². The van der Waals surface area contributed by atoms with Gasteiger partial charge < -0.3 is 4.90 Å². The third-order valence-corrected chi connectivity index (χ3v) is 6.26. The molecule has 5 nitrogen and oxygen atoms in total. The van der Waals surface area contributed by atoms with Crippen molar-refractivity contribution in [3.05, 3.63) is 59.9 Å². The Morgan fingerprint density at radius 1 is 1.04 bits per heavy atom. The number of piperazine rings is 1. The predicted octanol–water partition coefficient (Wildman–Crippen LogP) is 2.23. The molecule has 0 aliphatic carbocycles. The summed E-state index contributed by atoms with van der Waals surface area (Å²) in [7, 11) is -3.70. The molecule has 0 unspecified atom stereocenters. The van der Waals surface area contributed by atoms with Gasteiger partial charge in [0, 0.05) is 45.0 Å². The minimum absolute atomic E-state index is 0.00592. The molecule has 2 aromatic carbocycles. The molecule has 1 aliphatic rings. The maximum atomic E-state index is 13.4. The van der Waals surface area contributed by atoms with Crippen LogP contribution in [0.3, 0.4) is 0 Å². The highest BCUT2D eigenvalue weighted by molar-refractivity contribution is 7.89. The summed E-state index contributed by atoms with van der Waals surface area (Å²) in [6.07, 6.45) is 0. The van der Waals surface area contributed by atoms with E-state index in [-0.39, 0.29) is 4.90 Å². The van der Waals surface area contributed by atoms with Crippen molar-refractivity contribution < 1.29 is 12.8 Å². The van der Waals surface area contributed by atoms with Crippen molar-refractivity contribution in [1.82, 2.24) is 9.62 Å². The Bertz CT molecular complexity index is 835. The lowest BCUT2D eigenvalue weighted by Crippen LogP contribution is -2.48. The number of para-hydroxylation sites is 1. The van der Waals surface area contributed by atoms with Gasteiger partial charge in [-0.3, -0.25) is 4.90 Å². The Morgan fingerprint density at radius 2 is 1.73 bits per heavy atom. The third kappa shape index (κ3) is 4.60. The Kier molecular flexibility index (Phi) is 5.90. The number of anilines is 1. The van der Waals surface area contributed by atoms with Gasteiger partial charge in [-0.2, -0.15) is 0 Å². The summed E-state index contributed by atoms with van der Waals surface area (Å²) in [6, 6.07) is 14.1. The summed E-state index contributed by atoms with van der Waals surface area (Å²) in [5.41, 5.74) is 1.75. The van der Waals surface area contributed by atoms with Crippen molar-refractivity contribution in [3.63, 3.8) is 0 Å². The second-order valence-electron chi connectivity index (χ2n) is 6.47. The summed E-state index contributed by atoms with van der Waals surface area (Å²) in [6.45, 7) is 6.21. The van der Waals surface area contributed by atoms with E-state index in [1.165, 1.54) is 17.8 Å². The Labute approximate surface area is 154 Å². The summed E-state index contributed by atoms with van der Waals surface area (Å²) in [5.74, 6) is -0.548. The van der Waals surface area contributed by atoms with Gasteiger partial charge in [-0.15, -0.1) is 0 Å². The van der Waals surface area contributed by atoms with Crippen LogP contribution in [0.1, 0.15) is 5.56 Å². The monoisotopic (exact) mass is 377 g/mol. The van der Waals surface area contributed by atoms with E-state index >= 15 is 0 Å². The van der Waals surface area contributed by atoms with Gasteiger partial charge in [-0.05, 0) is 36.8 Å². The van der Waals surface area contributed by atoms with E-state index in [0.29, 0.717) is 18.7 Å². The van der Waals surface area contributed by atoms with Gasteiger partial charge in [0.25, 0.3) is 0 Å². The first-order valence-electron chi connectivity index (χ1n) is 8.74. The first-order chi connectivity index (χ1) is 12.5. The first-order valence-corrected chi connectivity index (χ1v) is 10.2. The van der Waals surface area contributed by atoms with Crippen LogP contribution in [0.25, 0.3) is 0 Å². The standard InChI is InChI=1S/C19H24FN3O2S/c1-16-7-8-17(20)15-19(16)26(24,25)21-9-10-22-11-13-23(14-12-22)18-5-3-2-4-6-18/h2-8,15,21H,9-14H2,1H3. The van der Waals surface area contributed by atoms with Crippen LogP contribution in [0.4, 0.5) is 10.1 Å². The number of aryl methyl sites for hydroxylation is 1. The average Bonchev–Trinajstić information content (AvgIpc) is 2.65. The molecule has 1 fully saturated rings. The smallest absolute Gasteiger partial charge is 0.240 e. The van der Waals surface area contributed by atoms with Crippen molar-refractivity contribution in [2.75, 3.05) is 44.2 Å². The topological polar surface area (TPSA) is 52.7 Å². The molecule has 0 amide bonds. The van der Waals surface area contributed by atoms with E-state index in [9.17, 15) is 12.8 Å². The Balaban J connectivity index is 1.49. The number of sulfonamides is 1. The Hall–Kier alpha value is -1.96. The van der Waals surface area contributed by atoms with Crippen LogP contribution in [0.5, 0.6) is 0 Å². The zero-order valence-corrected chi connectivity index (χ0v) is 15.7. The molecule has 0 spiro atoms. The van der Waals surface area contributed by atoms with Crippen LogP contribution in [-0.4, -0.2) is 52.6 Å². The SMILES string of the molecule is Cc1ccc(F)cc1S(=O)(=O)NCCN1CCN(c2ccccc2)CC1. The van der Waals surface area contributed by atoms with E-state index in [1.54, 1.807) is 6.92 Å². The molecular formula is C19H24FN3O2S. The molecule has 1 aliphatic heterocycles. The summed E-state index contributed by atoms with van der Waals surface area (Å²) >= 11 is 0. The molecule has 26 heavy (non-hydrogen) atoms. The molecule has 7 heteroatoms. The first kappa shape index (κ1) is 18.8. The number of hydrogen-bond donors (Lipinski definition) is 1. The van der Waals surface area contributed by atoms with E-state index in [0.717, 1.165) is 32.2 Å². The van der Waals surface area contributed by atoms with Gasteiger partial charge in [-0.1, -0.05) is 24.3 Å². The molecule has 2 aromatic rings. The molecule has 0 saturated carbocycles. The van der Waals surface area contributed by atoms with Crippen molar-refractivity contribution in [1.29, 1.82) is 0 Å². The highest BCUT2D eigenvalue weighted by atomic mass is 32.2. The molecule has 140 valence electrons. The predicted molar refractivity (Wildman–Crippen MR) is 101 cm³/mol. The van der Waals surface area contributed by atoms with Crippen molar-refractivity contribution >= 4 is 15.7 Å². The fraction of sp³-hybridized carbons (Fsp3) is 0.368. The average molecular weight is 377 g/mol. The van der Waals surface area contributed by atoms with Gasteiger partial charge in [0.05, 0.1) is 4.90 Å². The van der Waals surface area contributed by atoms with E-state index in [1.807, 2.05) is 18.2 Å². The zero-order valence-electron chi connectivity index (χ0n) is 14.9. The minimum atomic E-state index is -3.70. The highest BCUT2D eigenvalue weighted by Crippen LogP contribution is 2.17. The molecule has 1 saturated heterocycles. The van der Waals surface area contributed by atoms with Crippen molar-refractivity contribution in [2.24, 2.45) is 0 Å². The molecule has 0 bridgehead atoms. The maximum absolute atomic E-state index is 13.4. The van der Waals surface area contributed by atoms with Crippen molar-refractivity contribution in [3.8, 4) is 0 Å². The summed E-state index contributed by atoms with van der Waals surface area (Å²) in [5, 5.41) is 0. The van der Waals surface area contributed by atoms with Gasteiger partial charge >= 0.3 is 0 Å². The molecule has 1 N–H and O–H groups in total. The quantitative estimate of drug-likeness (QED) is 0.839. The summed E-state index contributed by atoms with van der Waals surface area (Å²) < 4.78 is 40.7. The third-order valence-electron chi connectivity index (χ3n) is 4.65. The fourth-order valence-corrected chi connectivity index (χ4v) is 4.42. The van der Waals surface area contributed by atoms with Crippen LogP contribution in [0, 0.1) is 12.7 Å². The van der Waals surface area contributed by atoms with Crippen LogP contribution < -0.4 is 9.62 Å². The summed E-state index contributed by atoms with van der Waals surface area (Å²) in [4.78, 5) is 4.57. The van der Waals surface area contributed by atoms with Gasteiger partial charge in [-0.25, -0.2) is 17.5 Å². The van der Waals surface area contributed by atoms with Gasteiger partial charge in [0.2, 0.25) is 10.0 Å². The minimum Gasteiger partial charge on any atom is -0.369 e. The Morgan fingerprint density at radius 3 is 2.42 bits per heavy atom. The lowest BCUT2D eigenvalue weighted by atomic mass is 10.2. The number of benzene rings is 2. The van der Waals surface area contributed by atoms with Crippen LogP contribution in [0.2, 0.25) is 0 Å². The number of halogens is 1. The number of nitrogens with zero attached hydrogens (tertiary/aromatic N) is 2. The van der Waals surface area contributed by atoms with Gasteiger partial charge in [0.15, 0.2) is 0 Å². The molecule has 0 radical (unpaired) electrons. The molecular weight excluding hydrogens is 353 g/mol. The molecule has 1 heterocycles. The number of hydrogen-bond acceptors (Lipinski definition) is 4. The molecule has 0 atom stereocenters. The van der Waals surface area contributed by atoms with Crippen LogP contribution in [0.15, 0.2) is 53.4 Å². The second kappa shape index (κ2) is 8.16. The highest BCUT2D eigenvalue weighted by Gasteiger charge is 2.20. The molecule has 0 aromatic heterocycles. The fourth-order valence-electron chi connectivity index (χ4n) is 3.15. The maximum Gasteiger partial charge on any atom is 0.240 e. The van der Waals surface area contributed by atoms with Crippen LogP contribution >= 0.6 is 0 Å². The number of rotatable bonds is 6. The van der Waals surface area contributed by atoms with E-state index < -0.39 is 15.8 Å².